The van der Waals surface area contributed by atoms with Crippen molar-refractivity contribution in [1.29, 1.82) is 0 Å². The zero-order chi connectivity index (χ0) is 8.55. The maximum Gasteiger partial charge on any atom is 0.0931 e. The highest BCUT2D eigenvalue weighted by Gasteiger charge is 2.22. The molecule has 0 aliphatic carbocycles. The molecule has 2 nitrogen and oxygen atoms in total. The normalized spacial score (nSPS) is 19.5. The first-order chi connectivity index (χ1) is 5.74. The summed E-state index contributed by atoms with van der Waals surface area (Å²) < 4.78 is 0.870. The predicted molar refractivity (Wildman–Crippen MR) is 52.6 cm³/mol. The van der Waals surface area contributed by atoms with Crippen LogP contribution in [-0.2, 0) is 6.54 Å². The van der Waals surface area contributed by atoms with Crippen LogP contribution in [0.25, 0.3) is 0 Å². The molecule has 0 aromatic carbocycles. The Morgan fingerprint density at radius 3 is 2.83 bits per heavy atom. The minimum atomic E-state index is 0.389. The van der Waals surface area contributed by atoms with E-state index < -0.39 is 0 Å². The van der Waals surface area contributed by atoms with E-state index in [2.05, 4.69) is 11.0 Å². The van der Waals surface area contributed by atoms with E-state index in [-0.39, 0.29) is 0 Å². The maximum absolute atomic E-state index is 5.81. The van der Waals surface area contributed by atoms with Crippen LogP contribution in [0.4, 0.5) is 0 Å². The number of rotatable bonds is 2. The van der Waals surface area contributed by atoms with Gasteiger partial charge in [-0.05, 0) is 12.1 Å². The van der Waals surface area contributed by atoms with Gasteiger partial charge in [0.15, 0.2) is 0 Å². The first-order valence-electron chi connectivity index (χ1n) is 3.96. The summed E-state index contributed by atoms with van der Waals surface area (Å²) in [7, 11) is 0. The van der Waals surface area contributed by atoms with Crippen molar-refractivity contribution >= 4 is 22.9 Å². The van der Waals surface area contributed by atoms with E-state index in [1.54, 1.807) is 11.3 Å². The number of nitrogens with zero attached hydrogens (tertiary/aromatic N) is 1. The first kappa shape index (κ1) is 8.51. The Morgan fingerprint density at radius 2 is 2.33 bits per heavy atom. The van der Waals surface area contributed by atoms with Crippen LogP contribution in [0.5, 0.6) is 0 Å². The van der Waals surface area contributed by atoms with Crippen molar-refractivity contribution in [1.82, 2.24) is 4.90 Å². The molecule has 1 aliphatic rings. The molecule has 1 aromatic heterocycles. The number of likely N-dealkylation sites (tertiary alicyclic amines) is 1. The Kier molecular flexibility index (Phi) is 2.37. The Bertz CT molecular complexity index is 268. The second-order valence-corrected chi connectivity index (χ2v) is 4.96. The lowest BCUT2D eigenvalue weighted by Gasteiger charge is -2.36. The van der Waals surface area contributed by atoms with Gasteiger partial charge in [0.2, 0.25) is 0 Å². The van der Waals surface area contributed by atoms with E-state index in [1.807, 2.05) is 6.07 Å². The molecular weight excluding hydrogens is 192 g/mol. The van der Waals surface area contributed by atoms with Crippen molar-refractivity contribution in [3.63, 3.8) is 0 Å². The molecule has 0 unspecified atom stereocenters. The minimum absolute atomic E-state index is 0.389. The molecule has 1 aromatic rings. The number of thiophene rings is 1. The molecule has 12 heavy (non-hydrogen) atoms. The molecule has 2 N–H and O–H groups in total. The van der Waals surface area contributed by atoms with Gasteiger partial charge < -0.3 is 5.73 Å². The van der Waals surface area contributed by atoms with Gasteiger partial charge in [-0.25, -0.2) is 0 Å². The lowest BCUT2D eigenvalue weighted by atomic mass is 10.1. The smallest absolute Gasteiger partial charge is 0.0931 e. The van der Waals surface area contributed by atoms with Gasteiger partial charge in [-0.2, -0.15) is 0 Å². The van der Waals surface area contributed by atoms with E-state index in [0.717, 1.165) is 24.0 Å². The summed E-state index contributed by atoms with van der Waals surface area (Å²) >= 11 is 7.46. The van der Waals surface area contributed by atoms with Gasteiger partial charge in [0.1, 0.15) is 0 Å². The molecule has 2 heterocycles. The van der Waals surface area contributed by atoms with Crippen molar-refractivity contribution < 1.29 is 0 Å². The van der Waals surface area contributed by atoms with Crippen LogP contribution in [0.3, 0.4) is 0 Å². The fourth-order valence-electron chi connectivity index (χ4n) is 1.40. The van der Waals surface area contributed by atoms with E-state index in [9.17, 15) is 0 Å². The largest absolute Gasteiger partial charge is 0.325 e. The number of hydrogen-bond acceptors (Lipinski definition) is 3. The van der Waals surface area contributed by atoms with Crippen LogP contribution < -0.4 is 5.73 Å². The van der Waals surface area contributed by atoms with Crippen molar-refractivity contribution in [3.05, 3.63) is 21.3 Å². The summed E-state index contributed by atoms with van der Waals surface area (Å²) in [6.45, 7) is 3.05. The maximum atomic E-state index is 5.81. The summed E-state index contributed by atoms with van der Waals surface area (Å²) in [6, 6.07) is 4.42. The molecule has 1 aliphatic heterocycles. The summed E-state index contributed by atoms with van der Waals surface area (Å²) in [5, 5.41) is 0. The van der Waals surface area contributed by atoms with Gasteiger partial charge in [-0.3, -0.25) is 4.90 Å². The van der Waals surface area contributed by atoms with Crippen LogP contribution >= 0.6 is 22.9 Å². The summed E-state index contributed by atoms with van der Waals surface area (Å²) in [6.07, 6.45) is 0. The van der Waals surface area contributed by atoms with E-state index >= 15 is 0 Å². The average Bonchev–Trinajstić information content (AvgIpc) is 2.33. The van der Waals surface area contributed by atoms with E-state index in [0.29, 0.717) is 6.04 Å². The quantitative estimate of drug-likeness (QED) is 0.789. The second kappa shape index (κ2) is 3.34. The standard InChI is InChI=1S/C8H11ClN2S/c9-8-2-1-7(12-8)5-11-3-6(10)4-11/h1-2,6H,3-5,10H2. The van der Waals surface area contributed by atoms with Crippen LogP contribution in [0.15, 0.2) is 12.1 Å². The van der Waals surface area contributed by atoms with Crippen LogP contribution in [-0.4, -0.2) is 24.0 Å². The molecule has 66 valence electrons. The molecule has 0 radical (unpaired) electrons. The topological polar surface area (TPSA) is 29.3 Å². The minimum Gasteiger partial charge on any atom is -0.325 e. The Morgan fingerprint density at radius 1 is 1.58 bits per heavy atom. The zero-order valence-electron chi connectivity index (χ0n) is 6.66. The van der Waals surface area contributed by atoms with E-state index in [4.69, 9.17) is 17.3 Å². The third-order valence-corrected chi connectivity index (χ3v) is 3.21. The summed E-state index contributed by atoms with van der Waals surface area (Å²) in [5.74, 6) is 0. The van der Waals surface area contributed by atoms with Crippen molar-refractivity contribution in [2.24, 2.45) is 5.73 Å². The Labute approximate surface area is 80.9 Å². The van der Waals surface area contributed by atoms with Crippen LogP contribution in [0.2, 0.25) is 4.34 Å². The fourth-order valence-corrected chi connectivity index (χ4v) is 2.53. The fraction of sp³-hybridized carbons (Fsp3) is 0.500. The molecule has 0 amide bonds. The summed E-state index contributed by atoms with van der Waals surface area (Å²) in [5.41, 5.74) is 5.66. The average molecular weight is 203 g/mol. The van der Waals surface area contributed by atoms with Crippen molar-refractivity contribution in [3.8, 4) is 0 Å². The van der Waals surface area contributed by atoms with Crippen LogP contribution in [0.1, 0.15) is 4.88 Å². The first-order valence-corrected chi connectivity index (χ1v) is 5.15. The number of halogens is 1. The molecule has 1 fully saturated rings. The molecule has 0 saturated carbocycles. The van der Waals surface area contributed by atoms with Gasteiger partial charge in [-0.1, -0.05) is 11.6 Å². The highest BCUT2D eigenvalue weighted by Crippen LogP contribution is 2.23. The van der Waals surface area contributed by atoms with Gasteiger partial charge >= 0.3 is 0 Å². The van der Waals surface area contributed by atoms with Crippen molar-refractivity contribution in [2.75, 3.05) is 13.1 Å². The molecule has 2 rings (SSSR count). The SMILES string of the molecule is NC1CN(Cc2ccc(Cl)s2)C1. The lowest BCUT2D eigenvalue weighted by Crippen LogP contribution is -2.54. The molecule has 0 atom stereocenters. The Hall–Kier alpha value is -0.0900. The molecule has 4 heteroatoms. The number of nitrogens with two attached hydrogens (primary N) is 1. The molecular formula is C8H11ClN2S. The third kappa shape index (κ3) is 1.80. The third-order valence-electron chi connectivity index (χ3n) is 1.99. The van der Waals surface area contributed by atoms with Gasteiger partial charge in [0, 0.05) is 30.6 Å². The van der Waals surface area contributed by atoms with Gasteiger partial charge in [0.25, 0.3) is 0 Å². The monoisotopic (exact) mass is 202 g/mol. The molecule has 0 spiro atoms. The van der Waals surface area contributed by atoms with Crippen LogP contribution in [0, 0.1) is 0 Å². The van der Waals surface area contributed by atoms with E-state index in [1.165, 1.54) is 4.88 Å². The summed E-state index contributed by atoms with van der Waals surface area (Å²) in [4.78, 5) is 3.65. The number of hydrogen-bond donors (Lipinski definition) is 1. The predicted octanol–water partition coefficient (Wildman–Crippen LogP) is 1.54. The lowest BCUT2D eigenvalue weighted by molar-refractivity contribution is 0.144. The highest BCUT2D eigenvalue weighted by atomic mass is 35.5. The van der Waals surface area contributed by atoms with Crippen molar-refractivity contribution in [2.45, 2.75) is 12.6 Å². The Balaban J connectivity index is 1.88. The van der Waals surface area contributed by atoms with Gasteiger partial charge in [0.05, 0.1) is 4.34 Å². The zero-order valence-corrected chi connectivity index (χ0v) is 8.24. The molecule has 0 bridgehead atoms. The molecule has 1 saturated heterocycles. The second-order valence-electron chi connectivity index (χ2n) is 3.16. The highest BCUT2D eigenvalue weighted by molar-refractivity contribution is 7.16. The van der Waals surface area contributed by atoms with Gasteiger partial charge in [-0.15, -0.1) is 11.3 Å².